The molecule has 3 aromatic carbocycles. The molecule has 1 unspecified atom stereocenters. The van der Waals surface area contributed by atoms with Crippen molar-refractivity contribution in [1.82, 2.24) is 0 Å². The molecule has 0 radical (unpaired) electrons. The highest BCUT2D eigenvalue weighted by atomic mass is 16.1. The molecular weight excluding hydrogens is 356 g/mol. The minimum Gasteiger partial charge on any atom is -0.378 e. The van der Waals surface area contributed by atoms with E-state index in [1.165, 1.54) is 16.7 Å². The Morgan fingerprint density at radius 1 is 0.690 bits per heavy atom. The second kappa shape index (κ2) is 9.42. The Balaban J connectivity index is 2.00. The van der Waals surface area contributed by atoms with E-state index in [2.05, 4.69) is 70.5 Å². The van der Waals surface area contributed by atoms with Gasteiger partial charge in [-0.2, -0.15) is 0 Å². The summed E-state index contributed by atoms with van der Waals surface area (Å²) in [5.74, 6) is -0.118. The van der Waals surface area contributed by atoms with Gasteiger partial charge in [-0.05, 0) is 47.4 Å². The van der Waals surface area contributed by atoms with E-state index in [-0.39, 0.29) is 11.8 Å². The molecule has 3 heteroatoms. The van der Waals surface area contributed by atoms with Crippen molar-refractivity contribution >= 4 is 17.7 Å². The smallest absolute Gasteiger partial charge is 0.124 e. The van der Waals surface area contributed by atoms with Crippen molar-refractivity contribution in [3.63, 3.8) is 0 Å². The Hall–Kier alpha value is -3.07. The van der Waals surface area contributed by atoms with Gasteiger partial charge in [-0.25, -0.2) is 0 Å². The maximum absolute atomic E-state index is 12.2. The molecule has 3 rings (SSSR count). The quantitative estimate of drug-likeness (QED) is 0.509. The summed E-state index contributed by atoms with van der Waals surface area (Å²) in [7, 11) is 8.15. The van der Waals surface area contributed by atoms with E-state index in [4.69, 9.17) is 0 Å². The molecule has 0 N–H and O–H groups in total. The van der Waals surface area contributed by atoms with Crippen LogP contribution in [0.3, 0.4) is 0 Å². The number of nitrogens with zero attached hydrogens (tertiary/aromatic N) is 2. The number of hydrogen-bond donors (Lipinski definition) is 0. The number of rotatable bonds is 8. The fraction of sp³-hybridized carbons (Fsp3) is 0.269. The number of hydrogen-bond acceptors (Lipinski definition) is 3. The van der Waals surface area contributed by atoms with Gasteiger partial charge in [0.2, 0.25) is 0 Å². The average molecular weight is 387 g/mol. The van der Waals surface area contributed by atoms with Gasteiger partial charge in [0.1, 0.15) is 6.29 Å². The molecule has 29 heavy (non-hydrogen) atoms. The van der Waals surface area contributed by atoms with E-state index in [9.17, 15) is 4.79 Å². The molecular formula is C26H30N2O. The number of anilines is 2. The molecule has 0 fully saturated rings. The minimum atomic E-state index is -0.132. The first-order valence-corrected chi connectivity index (χ1v) is 10.0. The monoisotopic (exact) mass is 386 g/mol. The van der Waals surface area contributed by atoms with Crippen molar-refractivity contribution in [3.05, 3.63) is 95.6 Å². The van der Waals surface area contributed by atoms with Crippen LogP contribution in [0.2, 0.25) is 0 Å². The summed E-state index contributed by atoms with van der Waals surface area (Å²) in [6, 6.07) is 27.4. The van der Waals surface area contributed by atoms with Crippen LogP contribution in [-0.2, 0) is 11.2 Å². The second-order valence-corrected chi connectivity index (χ2v) is 7.94. The molecule has 0 aliphatic rings. The molecule has 0 amide bonds. The predicted octanol–water partition coefficient (Wildman–Crippen LogP) is 5.01. The molecule has 0 spiro atoms. The lowest BCUT2D eigenvalue weighted by Crippen LogP contribution is -2.19. The van der Waals surface area contributed by atoms with Gasteiger partial charge in [0.05, 0.1) is 0 Å². The Morgan fingerprint density at radius 3 is 1.52 bits per heavy atom. The third kappa shape index (κ3) is 5.05. The van der Waals surface area contributed by atoms with E-state index in [1.807, 2.05) is 46.4 Å². The largest absolute Gasteiger partial charge is 0.378 e. The van der Waals surface area contributed by atoms with E-state index in [0.717, 1.165) is 24.1 Å². The number of carbonyl (C=O) groups is 1. The van der Waals surface area contributed by atoms with E-state index < -0.39 is 0 Å². The van der Waals surface area contributed by atoms with Crippen molar-refractivity contribution in [1.29, 1.82) is 0 Å². The van der Waals surface area contributed by atoms with Crippen LogP contribution < -0.4 is 9.80 Å². The zero-order valence-corrected chi connectivity index (χ0v) is 17.7. The summed E-state index contributed by atoms with van der Waals surface area (Å²) < 4.78 is 0. The lowest BCUT2D eigenvalue weighted by molar-refractivity contribution is -0.111. The van der Waals surface area contributed by atoms with Crippen molar-refractivity contribution in [3.8, 4) is 0 Å². The van der Waals surface area contributed by atoms with E-state index in [1.54, 1.807) is 0 Å². The highest BCUT2D eigenvalue weighted by Crippen LogP contribution is 2.35. The fourth-order valence-corrected chi connectivity index (χ4v) is 3.78. The zero-order valence-electron chi connectivity index (χ0n) is 17.7. The lowest BCUT2D eigenvalue weighted by atomic mass is 9.78. The van der Waals surface area contributed by atoms with Crippen LogP contribution >= 0.6 is 0 Å². The number of carbonyl (C=O) groups excluding carboxylic acids is 1. The van der Waals surface area contributed by atoms with Gasteiger partial charge in [-0.1, -0.05) is 54.6 Å². The summed E-state index contributed by atoms with van der Waals surface area (Å²) in [6.45, 7) is 0. The van der Waals surface area contributed by atoms with Crippen molar-refractivity contribution in [2.75, 3.05) is 38.0 Å². The summed E-state index contributed by atoms with van der Waals surface area (Å²) >= 11 is 0. The SMILES string of the molecule is CN(C)c1ccc(C(c2ccc(N(C)C)cc2)C(C=O)Cc2ccccc2)cc1. The minimum absolute atomic E-state index is 0.0140. The molecule has 0 aromatic heterocycles. The number of aldehydes is 1. The molecule has 0 bridgehead atoms. The molecule has 3 nitrogen and oxygen atoms in total. The van der Waals surface area contributed by atoms with Crippen LogP contribution in [0.1, 0.15) is 22.6 Å². The normalized spacial score (nSPS) is 11.9. The molecule has 0 aliphatic carbocycles. The first-order valence-electron chi connectivity index (χ1n) is 10.0. The van der Waals surface area contributed by atoms with Gasteiger partial charge >= 0.3 is 0 Å². The topological polar surface area (TPSA) is 23.6 Å². The Labute approximate surface area is 174 Å². The first-order chi connectivity index (χ1) is 14.0. The zero-order chi connectivity index (χ0) is 20.8. The van der Waals surface area contributed by atoms with Gasteiger partial charge in [-0.3, -0.25) is 0 Å². The maximum Gasteiger partial charge on any atom is 0.124 e. The fourth-order valence-electron chi connectivity index (χ4n) is 3.78. The Morgan fingerprint density at radius 2 is 1.14 bits per heavy atom. The van der Waals surface area contributed by atoms with Crippen LogP contribution in [0.5, 0.6) is 0 Å². The third-order valence-electron chi connectivity index (χ3n) is 5.45. The standard InChI is InChI=1S/C26H30N2O/c1-27(2)24-14-10-21(11-15-24)26(22-12-16-25(17-13-22)28(3)4)23(19-29)18-20-8-6-5-7-9-20/h5-17,19,23,26H,18H2,1-4H3. The summed E-state index contributed by atoms with van der Waals surface area (Å²) in [6.07, 6.45) is 1.84. The number of benzene rings is 3. The van der Waals surface area contributed by atoms with Gasteiger partial charge in [0.15, 0.2) is 0 Å². The van der Waals surface area contributed by atoms with Gasteiger partial charge in [-0.15, -0.1) is 0 Å². The van der Waals surface area contributed by atoms with Crippen molar-refractivity contribution in [2.45, 2.75) is 12.3 Å². The molecule has 0 saturated carbocycles. The van der Waals surface area contributed by atoms with E-state index in [0.29, 0.717) is 0 Å². The Bertz CT molecular complexity index is 848. The van der Waals surface area contributed by atoms with E-state index >= 15 is 0 Å². The molecule has 0 saturated heterocycles. The van der Waals surface area contributed by atoms with Crippen LogP contribution in [0.15, 0.2) is 78.9 Å². The lowest BCUT2D eigenvalue weighted by Gasteiger charge is -2.26. The highest BCUT2D eigenvalue weighted by molar-refractivity contribution is 5.60. The average Bonchev–Trinajstić information content (AvgIpc) is 2.74. The summed E-state index contributed by atoms with van der Waals surface area (Å²) in [4.78, 5) is 16.4. The first kappa shape index (κ1) is 20.7. The molecule has 0 aliphatic heterocycles. The second-order valence-electron chi connectivity index (χ2n) is 7.94. The molecule has 150 valence electrons. The van der Waals surface area contributed by atoms with Gasteiger partial charge in [0, 0.05) is 51.4 Å². The highest BCUT2D eigenvalue weighted by Gasteiger charge is 2.25. The third-order valence-corrected chi connectivity index (χ3v) is 5.45. The van der Waals surface area contributed by atoms with Crippen LogP contribution in [-0.4, -0.2) is 34.5 Å². The van der Waals surface area contributed by atoms with Crippen LogP contribution in [0, 0.1) is 5.92 Å². The predicted molar refractivity (Wildman–Crippen MR) is 123 cm³/mol. The van der Waals surface area contributed by atoms with Crippen molar-refractivity contribution in [2.24, 2.45) is 5.92 Å². The van der Waals surface area contributed by atoms with Crippen molar-refractivity contribution < 1.29 is 4.79 Å². The van der Waals surface area contributed by atoms with Gasteiger partial charge < -0.3 is 14.6 Å². The summed E-state index contributed by atoms with van der Waals surface area (Å²) in [5, 5.41) is 0. The van der Waals surface area contributed by atoms with Gasteiger partial charge in [0.25, 0.3) is 0 Å². The molecule has 0 heterocycles. The Kier molecular flexibility index (Phi) is 6.71. The summed E-state index contributed by atoms with van der Waals surface area (Å²) in [5.41, 5.74) is 5.83. The maximum atomic E-state index is 12.2. The molecule has 1 atom stereocenters. The molecule has 3 aromatic rings. The van der Waals surface area contributed by atoms with Crippen LogP contribution in [0.25, 0.3) is 0 Å². The van der Waals surface area contributed by atoms with Crippen LogP contribution in [0.4, 0.5) is 11.4 Å².